The third-order valence-corrected chi connectivity index (χ3v) is 2.21. The van der Waals surface area contributed by atoms with Crippen LogP contribution in [-0.2, 0) is 9.59 Å². The number of carbonyl (C=O) groups is 2. The van der Waals surface area contributed by atoms with E-state index in [2.05, 4.69) is 10.5 Å². The molecule has 0 saturated heterocycles. The van der Waals surface area contributed by atoms with Gasteiger partial charge in [-0.3, -0.25) is 25.1 Å². The second-order valence-corrected chi connectivity index (χ2v) is 3.86. The van der Waals surface area contributed by atoms with Crippen LogP contribution in [0.4, 0.5) is 11.4 Å². The molecule has 0 radical (unpaired) electrons. The van der Waals surface area contributed by atoms with Crippen LogP contribution in [0.3, 0.4) is 0 Å². The number of hydrogen-bond acceptors (Lipinski definition) is 7. The summed E-state index contributed by atoms with van der Waals surface area (Å²) in [5, 5.41) is 14.3. The number of nitrogens with one attached hydrogen (secondary N) is 1. The Hall–Kier alpha value is -2.77. The number of Topliss-reactive ketones (excluding diaryl/α,β-unsaturated/α-hetero) is 2. The Morgan fingerprint density at radius 3 is 2.75 bits per heavy atom. The predicted octanol–water partition coefficient (Wildman–Crippen LogP) is 1.55. The van der Waals surface area contributed by atoms with Crippen molar-refractivity contribution < 1.29 is 19.2 Å². The number of rotatable bonds is 7. The van der Waals surface area contributed by atoms with Crippen molar-refractivity contribution in [1.82, 2.24) is 0 Å². The lowest BCUT2D eigenvalue weighted by Crippen LogP contribution is -2.06. The van der Waals surface area contributed by atoms with Gasteiger partial charge in [0.15, 0.2) is 5.78 Å². The molecule has 1 aromatic rings. The van der Waals surface area contributed by atoms with E-state index in [0.29, 0.717) is 5.75 Å². The van der Waals surface area contributed by atoms with Crippen LogP contribution in [0.2, 0.25) is 0 Å². The average Bonchev–Trinajstić information content (AvgIpc) is 2.37. The van der Waals surface area contributed by atoms with Crippen LogP contribution in [-0.4, -0.2) is 29.8 Å². The lowest BCUT2D eigenvalue weighted by molar-refractivity contribution is -0.384. The summed E-state index contributed by atoms with van der Waals surface area (Å²) in [5.41, 5.74) is 2.58. The third-order valence-electron chi connectivity index (χ3n) is 2.21. The Morgan fingerprint density at radius 2 is 2.20 bits per heavy atom. The monoisotopic (exact) mass is 279 g/mol. The SMILES string of the molecule is COc1ccc([N+](=O)[O-])cc1N/N=C/C(=O)CC(C)=O. The van der Waals surface area contributed by atoms with Gasteiger partial charge in [0.25, 0.3) is 5.69 Å². The van der Waals surface area contributed by atoms with Crippen molar-refractivity contribution in [2.45, 2.75) is 13.3 Å². The highest BCUT2D eigenvalue weighted by atomic mass is 16.6. The lowest BCUT2D eigenvalue weighted by Gasteiger charge is -2.06. The maximum Gasteiger partial charge on any atom is 0.271 e. The molecular weight excluding hydrogens is 266 g/mol. The molecule has 0 aliphatic heterocycles. The summed E-state index contributed by atoms with van der Waals surface area (Å²) in [6.07, 6.45) is 0.705. The van der Waals surface area contributed by atoms with Gasteiger partial charge >= 0.3 is 0 Å². The van der Waals surface area contributed by atoms with E-state index in [0.717, 1.165) is 6.21 Å². The van der Waals surface area contributed by atoms with Gasteiger partial charge in [0.05, 0.1) is 24.7 Å². The van der Waals surface area contributed by atoms with Gasteiger partial charge in [-0.1, -0.05) is 0 Å². The fraction of sp³-hybridized carbons (Fsp3) is 0.250. The van der Waals surface area contributed by atoms with Crippen molar-refractivity contribution >= 4 is 29.2 Å². The second kappa shape index (κ2) is 6.98. The molecule has 1 N–H and O–H groups in total. The average molecular weight is 279 g/mol. The number of ether oxygens (including phenoxy) is 1. The molecule has 106 valence electrons. The highest BCUT2D eigenvalue weighted by molar-refractivity contribution is 6.31. The minimum atomic E-state index is -0.560. The molecule has 0 bridgehead atoms. The number of non-ortho nitro benzene ring substituents is 1. The Kier molecular flexibility index (Phi) is 5.33. The van der Waals surface area contributed by atoms with Crippen molar-refractivity contribution in [2.24, 2.45) is 5.10 Å². The molecular formula is C12H13N3O5. The third kappa shape index (κ3) is 4.48. The molecule has 0 aromatic heterocycles. The molecule has 0 amide bonds. The van der Waals surface area contributed by atoms with Crippen LogP contribution in [0.1, 0.15) is 13.3 Å². The summed E-state index contributed by atoms with van der Waals surface area (Å²) < 4.78 is 5.00. The number of benzene rings is 1. The number of anilines is 1. The Balaban J connectivity index is 2.82. The molecule has 0 atom stereocenters. The van der Waals surface area contributed by atoms with E-state index in [1.54, 1.807) is 0 Å². The topological polar surface area (TPSA) is 111 Å². The highest BCUT2D eigenvalue weighted by Gasteiger charge is 2.10. The number of ketones is 2. The predicted molar refractivity (Wildman–Crippen MR) is 72.1 cm³/mol. The lowest BCUT2D eigenvalue weighted by atomic mass is 10.2. The number of carbonyl (C=O) groups excluding carboxylic acids is 2. The summed E-state index contributed by atoms with van der Waals surface area (Å²) in [5.74, 6) is -0.393. The van der Waals surface area contributed by atoms with Gasteiger partial charge in [-0.2, -0.15) is 5.10 Å². The van der Waals surface area contributed by atoms with Crippen LogP contribution in [0.25, 0.3) is 0 Å². The molecule has 1 aromatic carbocycles. The molecule has 0 aliphatic rings. The van der Waals surface area contributed by atoms with E-state index in [4.69, 9.17) is 4.74 Å². The molecule has 0 fully saturated rings. The highest BCUT2D eigenvalue weighted by Crippen LogP contribution is 2.28. The molecule has 0 aliphatic carbocycles. The van der Waals surface area contributed by atoms with Crippen LogP contribution in [0.5, 0.6) is 5.75 Å². The van der Waals surface area contributed by atoms with Crippen LogP contribution in [0.15, 0.2) is 23.3 Å². The van der Waals surface area contributed by atoms with Gasteiger partial charge in [-0.05, 0) is 13.0 Å². The maximum atomic E-state index is 11.2. The summed E-state index contributed by atoms with van der Waals surface area (Å²) >= 11 is 0. The van der Waals surface area contributed by atoms with Crippen molar-refractivity contribution in [3.8, 4) is 5.75 Å². The largest absolute Gasteiger partial charge is 0.495 e. The number of hydrazone groups is 1. The first-order chi connectivity index (χ1) is 9.43. The second-order valence-electron chi connectivity index (χ2n) is 3.86. The fourth-order valence-corrected chi connectivity index (χ4v) is 1.36. The Labute approximate surface area is 114 Å². The molecule has 0 spiro atoms. The zero-order chi connectivity index (χ0) is 15.1. The van der Waals surface area contributed by atoms with E-state index in [-0.39, 0.29) is 23.6 Å². The van der Waals surface area contributed by atoms with Crippen LogP contribution in [0, 0.1) is 10.1 Å². The summed E-state index contributed by atoms with van der Waals surface area (Å²) in [6.45, 7) is 1.29. The van der Waals surface area contributed by atoms with Gasteiger partial charge < -0.3 is 4.74 Å². The molecule has 1 rings (SSSR count). The van der Waals surface area contributed by atoms with Crippen molar-refractivity contribution in [2.75, 3.05) is 12.5 Å². The molecule has 8 nitrogen and oxygen atoms in total. The Bertz CT molecular complexity index is 568. The molecule has 0 unspecified atom stereocenters. The normalized spacial score (nSPS) is 10.3. The molecule has 20 heavy (non-hydrogen) atoms. The first kappa shape index (κ1) is 15.3. The summed E-state index contributed by atoms with van der Waals surface area (Å²) in [4.78, 5) is 32.0. The minimum absolute atomic E-state index is 0.140. The smallest absolute Gasteiger partial charge is 0.271 e. The number of nitro groups is 1. The van der Waals surface area contributed by atoms with Crippen molar-refractivity contribution in [1.29, 1.82) is 0 Å². The molecule has 0 heterocycles. The number of nitro benzene ring substituents is 1. The van der Waals surface area contributed by atoms with E-state index < -0.39 is 10.7 Å². The van der Waals surface area contributed by atoms with Crippen molar-refractivity contribution in [3.63, 3.8) is 0 Å². The first-order valence-corrected chi connectivity index (χ1v) is 5.57. The van der Waals surface area contributed by atoms with Crippen molar-refractivity contribution in [3.05, 3.63) is 28.3 Å². The summed E-state index contributed by atoms with van der Waals surface area (Å²) in [7, 11) is 1.40. The molecule has 0 saturated carbocycles. The fourth-order valence-electron chi connectivity index (χ4n) is 1.36. The van der Waals surface area contributed by atoms with Gasteiger partial charge in [0, 0.05) is 12.1 Å². The number of nitrogens with zero attached hydrogens (tertiary/aromatic N) is 2. The minimum Gasteiger partial charge on any atom is -0.495 e. The van der Waals surface area contributed by atoms with E-state index in [1.807, 2.05) is 0 Å². The number of methoxy groups -OCH3 is 1. The van der Waals surface area contributed by atoms with E-state index in [1.165, 1.54) is 32.2 Å². The Morgan fingerprint density at radius 1 is 1.50 bits per heavy atom. The summed E-state index contributed by atoms with van der Waals surface area (Å²) in [6, 6.07) is 3.92. The quantitative estimate of drug-likeness (QED) is 0.351. The zero-order valence-electron chi connectivity index (χ0n) is 11.0. The van der Waals surface area contributed by atoms with Gasteiger partial charge in [-0.25, -0.2) is 0 Å². The first-order valence-electron chi connectivity index (χ1n) is 5.57. The van der Waals surface area contributed by atoms with Gasteiger partial charge in [0.1, 0.15) is 17.2 Å². The van der Waals surface area contributed by atoms with Crippen LogP contribution < -0.4 is 10.2 Å². The van der Waals surface area contributed by atoms with E-state index >= 15 is 0 Å². The molecule has 8 heteroatoms. The maximum absolute atomic E-state index is 11.2. The van der Waals surface area contributed by atoms with Gasteiger partial charge in [0.2, 0.25) is 0 Å². The number of hydrogen-bond donors (Lipinski definition) is 1. The van der Waals surface area contributed by atoms with Gasteiger partial charge in [-0.15, -0.1) is 0 Å². The van der Waals surface area contributed by atoms with Crippen LogP contribution >= 0.6 is 0 Å². The zero-order valence-corrected chi connectivity index (χ0v) is 11.0. The van der Waals surface area contributed by atoms with E-state index in [9.17, 15) is 19.7 Å². The standard InChI is InChI=1S/C12H13N3O5/c1-8(16)5-10(17)7-13-14-11-6-9(15(18)19)3-4-12(11)20-2/h3-4,6-7,14H,5H2,1-2H3/b13-7+.